The molecule has 0 fully saturated rings. The summed E-state index contributed by atoms with van der Waals surface area (Å²) in [5, 5.41) is 3.71. The van der Waals surface area contributed by atoms with Gasteiger partial charge in [-0.25, -0.2) is 4.99 Å². The van der Waals surface area contributed by atoms with Gasteiger partial charge in [-0.15, -0.1) is 0 Å². The van der Waals surface area contributed by atoms with E-state index < -0.39 is 0 Å². The highest BCUT2D eigenvalue weighted by Gasteiger charge is 2.39. The molecule has 3 heteroatoms. The molecule has 2 unspecified atom stereocenters. The number of hydrogen-bond donors (Lipinski definition) is 1. The summed E-state index contributed by atoms with van der Waals surface area (Å²) in [7, 11) is 0. The number of nitrogens with one attached hydrogen (secondary N) is 1. The Morgan fingerprint density at radius 1 is 0.684 bits per heavy atom. The van der Waals surface area contributed by atoms with Crippen molar-refractivity contribution in [1.82, 2.24) is 10.2 Å². The topological polar surface area (TPSA) is 27.6 Å². The number of benzene rings is 4. The van der Waals surface area contributed by atoms with Gasteiger partial charge in [0, 0.05) is 28.3 Å². The van der Waals surface area contributed by atoms with Gasteiger partial charge in [-0.2, -0.15) is 0 Å². The summed E-state index contributed by atoms with van der Waals surface area (Å²) >= 11 is 0. The molecule has 0 saturated heterocycles. The first-order valence-corrected chi connectivity index (χ1v) is 20.3. The molecule has 0 radical (unpaired) electrons. The molecule has 3 heterocycles. The van der Waals surface area contributed by atoms with Gasteiger partial charge in [-0.3, -0.25) is 0 Å². The van der Waals surface area contributed by atoms with Gasteiger partial charge in [0.05, 0.1) is 23.1 Å². The van der Waals surface area contributed by atoms with Crippen LogP contribution >= 0.6 is 0 Å². The molecule has 3 aliphatic carbocycles. The van der Waals surface area contributed by atoms with Crippen LogP contribution in [0.25, 0.3) is 17.0 Å². The lowest BCUT2D eigenvalue weighted by Crippen LogP contribution is -2.31. The fraction of sp³-hybridized carbons (Fsp3) is 0.130. The molecule has 0 amide bonds. The summed E-state index contributed by atoms with van der Waals surface area (Å²) in [6.07, 6.45) is 30.4. The van der Waals surface area contributed by atoms with Crippen LogP contribution in [0.15, 0.2) is 233 Å². The minimum atomic E-state index is 0.0103. The third-order valence-corrected chi connectivity index (χ3v) is 11.8. The lowest BCUT2D eigenvalue weighted by molar-refractivity contribution is 0.678. The van der Waals surface area contributed by atoms with Gasteiger partial charge in [0.2, 0.25) is 0 Å². The Bertz CT molecular complexity index is 2620. The Balaban J connectivity index is 1.11. The van der Waals surface area contributed by atoms with Gasteiger partial charge >= 0.3 is 0 Å². The molecule has 276 valence electrons. The molecule has 57 heavy (non-hydrogen) atoms. The third kappa shape index (κ3) is 6.49. The van der Waals surface area contributed by atoms with Crippen molar-refractivity contribution in [3.8, 4) is 0 Å². The predicted molar refractivity (Wildman–Crippen MR) is 237 cm³/mol. The standard InChI is InChI=1S/C54H45N3/c1-37-35-47(38-19-7-2-8-20-38)51(41-23-11-4-12-24-41)53-46-30-18-17-29-45(46)50(52(57(37)53)43-25-13-5-14-26-43)42-33-31-40(32-34-42)49-36-48(39-21-9-3-10-22-39)55-54(56-49)44-27-15-6-16-28-44/h2-7,9-11,13-19,21-23,25-33,35-36,42,48H,1,8,12,20,24,34H2,(H,55,56). The van der Waals surface area contributed by atoms with Crippen molar-refractivity contribution in [3.63, 3.8) is 0 Å². The van der Waals surface area contributed by atoms with Gasteiger partial charge in [-0.1, -0.05) is 177 Å². The summed E-state index contributed by atoms with van der Waals surface area (Å²) in [6, 6.07) is 41.2. The number of fused-ring (bicyclic) bond motifs is 3. The number of rotatable bonds is 7. The van der Waals surface area contributed by atoms with Gasteiger partial charge in [0.1, 0.15) is 5.84 Å². The lowest BCUT2D eigenvalue weighted by atomic mass is 9.74. The summed E-state index contributed by atoms with van der Waals surface area (Å²) in [6.45, 7) is 4.83. The minimum absolute atomic E-state index is 0.0103. The molecular weight excluding hydrogens is 691 g/mol. The zero-order chi connectivity index (χ0) is 38.1. The molecule has 1 N–H and O–H groups in total. The first-order valence-electron chi connectivity index (χ1n) is 20.3. The van der Waals surface area contributed by atoms with E-state index in [0.29, 0.717) is 0 Å². The molecule has 3 nitrogen and oxygen atoms in total. The van der Waals surface area contributed by atoms with E-state index >= 15 is 0 Å². The maximum atomic E-state index is 5.23. The molecule has 3 aliphatic heterocycles. The highest BCUT2D eigenvalue weighted by atomic mass is 15.2. The number of nitrogens with zero attached hydrogens (tertiary/aromatic N) is 2. The summed E-state index contributed by atoms with van der Waals surface area (Å²) in [4.78, 5) is 7.73. The SMILES string of the molecule is C=C1C=C(C2=CC=CCC2)C(C2=CC=CCC2)=C2c3ccccc3C(C3C=CC(C4=CC(c5ccccc5)NC(c5ccccc5)=N4)=CC3)=C(c3ccccc3)N12. The number of aliphatic imine (C=N–C) groups is 1. The largest absolute Gasteiger partial charge is 0.359 e. The smallest absolute Gasteiger partial charge is 0.134 e. The Morgan fingerprint density at radius 2 is 1.33 bits per heavy atom. The second kappa shape index (κ2) is 15.1. The Labute approximate surface area is 336 Å². The van der Waals surface area contributed by atoms with Crippen LogP contribution in [-0.4, -0.2) is 10.7 Å². The maximum Gasteiger partial charge on any atom is 0.134 e. The Morgan fingerprint density at radius 3 is 2.00 bits per heavy atom. The van der Waals surface area contributed by atoms with Gasteiger partial charge < -0.3 is 10.2 Å². The van der Waals surface area contributed by atoms with Crippen molar-refractivity contribution in [2.24, 2.45) is 10.9 Å². The highest BCUT2D eigenvalue weighted by Crippen LogP contribution is 2.54. The van der Waals surface area contributed by atoms with E-state index in [1.165, 1.54) is 61.5 Å². The highest BCUT2D eigenvalue weighted by molar-refractivity contribution is 6.05. The molecule has 0 saturated carbocycles. The van der Waals surface area contributed by atoms with Crippen molar-refractivity contribution in [2.75, 3.05) is 0 Å². The van der Waals surface area contributed by atoms with E-state index in [0.717, 1.165) is 60.5 Å². The first kappa shape index (κ1) is 34.8. The summed E-state index contributed by atoms with van der Waals surface area (Å²) in [5.74, 6) is 1.03. The number of amidine groups is 1. The average Bonchev–Trinajstić information content (AvgIpc) is 3.30. The summed E-state index contributed by atoms with van der Waals surface area (Å²) < 4.78 is 0. The van der Waals surface area contributed by atoms with E-state index in [1.54, 1.807) is 0 Å². The van der Waals surface area contributed by atoms with Crippen molar-refractivity contribution in [1.29, 1.82) is 0 Å². The van der Waals surface area contributed by atoms with E-state index in [1.807, 2.05) is 0 Å². The van der Waals surface area contributed by atoms with Gasteiger partial charge in [0.15, 0.2) is 0 Å². The van der Waals surface area contributed by atoms with E-state index in [9.17, 15) is 0 Å². The monoisotopic (exact) mass is 735 g/mol. The zero-order valence-electron chi connectivity index (χ0n) is 32.1. The number of allylic oxidation sites excluding steroid dienone is 15. The van der Waals surface area contributed by atoms with Crippen LogP contribution in [0.3, 0.4) is 0 Å². The van der Waals surface area contributed by atoms with Gasteiger partial charge in [0.25, 0.3) is 0 Å². The van der Waals surface area contributed by atoms with Crippen LogP contribution in [0.1, 0.15) is 66.0 Å². The molecule has 4 aromatic rings. The van der Waals surface area contributed by atoms with Crippen LogP contribution in [0.5, 0.6) is 0 Å². The van der Waals surface area contributed by atoms with E-state index in [2.05, 4.69) is 192 Å². The van der Waals surface area contributed by atoms with Gasteiger partial charge in [-0.05, 0) is 88.8 Å². The predicted octanol–water partition coefficient (Wildman–Crippen LogP) is 12.8. The Hall–Kier alpha value is -6.71. The lowest BCUT2D eigenvalue weighted by Gasteiger charge is -2.44. The molecule has 0 bridgehead atoms. The van der Waals surface area contributed by atoms with E-state index in [-0.39, 0.29) is 12.0 Å². The fourth-order valence-corrected chi connectivity index (χ4v) is 9.15. The van der Waals surface area contributed by atoms with Crippen LogP contribution in [-0.2, 0) is 0 Å². The van der Waals surface area contributed by atoms with Crippen LogP contribution in [0.2, 0.25) is 0 Å². The van der Waals surface area contributed by atoms with E-state index in [4.69, 9.17) is 11.6 Å². The van der Waals surface area contributed by atoms with Crippen molar-refractivity contribution in [2.45, 2.75) is 38.1 Å². The minimum Gasteiger partial charge on any atom is -0.359 e. The van der Waals surface area contributed by atoms with Crippen molar-refractivity contribution >= 4 is 22.8 Å². The maximum absolute atomic E-state index is 5.23. The molecule has 0 spiro atoms. The molecule has 4 aromatic carbocycles. The molecule has 6 aliphatic rings. The first-order chi connectivity index (χ1) is 28.2. The average molecular weight is 736 g/mol. The van der Waals surface area contributed by atoms with Crippen molar-refractivity contribution in [3.05, 3.63) is 256 Å². The molecule has 2 atom stereocenters. The van der Waals surface area contributed by atoms with Crippen LogP contribution in [0, 0.1) is 5.92 Å². The third-order valence-electron chi connectivity index (χ3n) is 11.8. The fourth-order valence-electron chi connectivity index (χ4n) is 9.15. The summed E-state index contributed by atoms with van der Waals surface area (Å²) in [5.41, 5.74) is 18.4. The quantitative estimate of drug-likeness (QED) is 0.205. The second-order valence-corrected chi connectivity index (χ2v) is 15.4. The number of hydrogen-bond acceptors (Lipinski definition) is 3. The van der Waals surface area contributed by atoms with Crippen LogP contribution in [0.4, 0.5) is 0 Å². The molecular formula is C54H45N3. The molecule has 10 rings (SSSR count). The van der Waals surface area contributed by atoms with Crippen molar-refractivity contribution < 1.29 is 0 Å². The Kier molecular flexibility index (Phi) is 9.20. The second-order valence-electron chi connectivity index (χ2n) is 15.4. The normalized spacial score (nSPS) is 21.4. The zero-order valence-corrected chi connectivity index (χ0v) is 32.1. The van der Waals surface area contributed by atoms with Crippen LogP contribution < -0.4 is 5.32 Å². The molecule has 0 aromatic heterocycles.